The van der Waals surface area contributed by atoms with Crippen molar-refractivity contribution in [1.82, 2.24) is 0 Å². The first-order valence-corrected chi connectivity index (χ1v) is 8.31. The van der Waals surface area contributed by atoms with Crippen LogP contribution < -0.4 is 0 Å². The molecule has 0 N–H and O–H groups in total. The molecule has 0 saturated heterocycles. The van der Waals surface area contributed by atoms with E-state index < -0.39 is 0 Å². The van der Waals surface area contributed by atoms with Crippen molar-refractivity contribution >= 4 is 141 Å². The topological polar surface area (TPSA) is 17.1 Å². The van der Waals surface area contributed by atoms with Crippen LogP contribution in [0.3, 0.4) is 0 Å². The highest BCUT2D eigenvalue weighted by atomic mass is 127. The molecule has 0 aliphatic heterocycles. The van der Waals surface area contributed by atoms with Gasteiger partial charge in [-0.25, -0.2) is 0 Å². The van der Waals surface area contributed by atoms with Gasteiger partial charge in [0.2, 0.25) is 5.78 Å². The molecule has 0 saturated carbocycles. The second kappa shape index (κ2) is 5.22. The van der Waals surface area contributed by atoms with Gasteiger partial charge in [0.15, 0.2) is -1.13 Å². The summed E-state index contributed by atoms with van der Waals surface area (Å²) in [4.78, 5) is 11.4. The van der Waals surface area contributed by atoms with Crippen LogP contribution >= 0.6 is 136 Å². The highest BCUT2D eigenvalue weighted by molar-refractivity contribution is 14.3. The Kier molecular flexibility index (Phi) is 7.34. The molecule has 7 heteroatoms. The van der Waals surface area contributed by atoms with Crippen LogP contribution in [0.2, 0.25) is 0 Å². The van der Waals surface area contributed by atoms with Gasteiger partial charge >= 0.3 is 0 Å². The van der Waals surface area contributed by atoms with Gasteiger partial charge in [0.05, 0.1) is 0 Å². The third-order valence-corrected chi connectivity index (χ3v) is 3.45. The lowest BCUT2D eigenvalue weighted by molar-refractivity contribution is -0.114. The van der Waals surface area contributed by atoms with Crippen molar-refractivity contribution in [2.24, 2.45) is 0 Å². The van der Waals surface area contributed by atoms with E-state index in [4.69, 9.17) is 0 Å². The summed E-state index contributed by atoms with van der Waals surface area (Å²) in [6.07, 6.45) is 0. The maximum Gasteiger partial charge on any atom is 0.203 e. The summed E-state index contributed by atoms with van der Waals surface area (Å²) >= 11 is 12.8. The largest absolute Gasteiger partial charge is 0.293 e. The quantitative estimate of drug-likeness (QED) is 0.298. The van der Waals surface area contributed by atoms with Crippen LogP contribution in [0.1, 0.15) is 0 Å². The molecule has 0 aromatic rings. The number of hydrogen-bond acceptors (Lipinski definition) is 1. The zero-order valence-corrected chi connectivity index (χ0v) is 17.1. The van der Waals surface area contributed by atoms with Crippen molar-refractivity contribution in [2.45, 2.75) is -1.13 Å². The van der Waals surface area contributed by atoms with Gasteiger partial charge in [-0.1, -0.05) is 0 Å². The number of halogens is 6. The Morgan fingerprint density at radius 3 is 1.00 bits per heavy atom. The van der Waals surface area contributed by atoms with E-state index in [2.05, 4.69) is 136 Å². The first-order valence-electron chi connectivity index (χ1n) is 1.84. The standard InChI is InChI=1S/C3I6O/c4-2(5,6)1(10)3(7,8)9. The van der Waals surface area contributed by atoms with E-state index >= 15 is 0 Å². The first-order chi connectivity index (χ1) is 4.15. The summed E-state index contributed by atoms with van der Waals surface area (Å²) in [5, 5.41) is 0. The van der Waals surface area contributed by atoms with Gasteiger partial charge in [-0.05, 0) is 136 Å². The molecule has 0 heterocycles. The van der Waals surface area contributed by atoms with Crippen LogP contribution in [0.4, 0.5) is 0 Å². The normalized spacial score (nSPS) is 13.4. The average Bonchev–Trinajstić information content (AvgIpc) is 1.59. The number of carbonyl (C=O) groups is 1. The van der Waals surface area contributed by atoms with Crippen LogP contribution in [0.25, 0.3) is 0 Å². The molecule has 0 aliphatic rings. The summed E-state index contributed by atoms with van der Waals surface area (Å²) in [6.45, 7) is 0. The molecule has 0 radical (unpaired) electrons. The number of carbonyl (C=O) groups excluding carboxylic acids is 1. The lowest BCUT2D eigenvalue weighted by atomic mass is 10.5. The van der Waals surface area contributed by atoms with Crippen LogP contribution in [0.5, 0.6) is 0 Å². The monoisotopic (exact) mass is 813 g/mol. The second-order valence-electron chi connectivity index (χ2n) is 1.32. The number of ketones is 1. The Bertz CT molecular complexity index is 124. The van der Waals surface area contributed by atoms with Crippen LogP contribution in [-0.2, 0) is 4.79 Å². The highest BCUT2D eigenvalue weighted by Gasteiger charge is 2.41. The maximum atomic E-state index is 11.4. The summed E-state index contributed by atoms with van der Waals surface area (Å²) in [6, 6.07) is 0. The van der Waals surface area contributed by atoms with E-state index in [0.29, 0.717) is 0 Å². The third-order valence-electron chi connectivity index (χ3n) is 0.515. The average molecular weight is 813 g/mol. The Balaban J connectivity index is 4.40. The minimum absolute atomic E-state index is 0.239. The number of alkyl halides is 6. The van der Waals surface area contributed by atoms with E-state index in [-0.39, 0.29) is 4.65 Å². The van der Waals surface area contributed by atoms with Crippen molar-refractivity contribution in [3.63, 3.8) is 0 Å². The molecule has 0 unspecified atom stereocenters. The molecule has 0 bridgehead atoms. The fourth-order valence-corrected chi connectivity index (χ4v) is 7.23. The SMILES string of the molecule is O=C(C(I)(I)I)C(I)(I)I. The minimum Gasteiger partial charge on any atom is -0.293 e. The van der Waals surface area contributed by atoms with Crippen molar-refractivity contribution in [3.05, 3.63) is 0 Å². The molecule has 0 atom stereocenters. The van der Waals surface area contributed by atoms with Gasteiger partial charge in [0, 0.05) is 0 Å². The Morgan fingerprint density at radius 2 is 1.00 bits per heavy atom. The zero-order valence-electron chi connectivity index (χ0n) is 4.18. The van der Waals surface area contributed by atoms with Crippen molar-refractivity contribution in [3.8, 4) is 0 Å². The Labute approximate surface area is 141 Å². The fraction of sp³-hybridized carbons (Fsp3) is 0.667. The van der Waals surface area contributed by atoms with Gasteiger partial charge in [0.25, 0.3) is 0 Å². The van der Waals surface area contributed by atoms with Gasteiger partial charge < -0.3 is 0 Å². The smallest absolute Gasteiger partial charge is 0.203 e. The molecular formula is C3I6O. The third kappa shape index (κ3) is 5.71. The molecule has 0 aromatic heterocycles. The molecule has 0 aromatic carbocycles. The molecule has 0 amide bonds. The summed E-state index contributed by atoms with van der Waals surface area (Å²) in [5.74, 6) is 0.239. The molecule has 1 nitrogen and oxygen atoms in total. The molecule has 60 valence electrons. The lowest BCUT2D eigenvalue weighted by Gasteiger charge is -2.17. The van der Waals surface area contributed by atoms with Crippen LogP contribution in [0, 0.1) is 0 Å². The first kappa shape index (κ1) is 14.1. The molecule has 0 fully saturated rings. The highest BCUT2D eigenvalue weighted by Crippen LogP contribution is 2.48. The molecule has 0 spiro atoms. The zero-order chi connectivity index (χ0) is 8.58. The van der Waals surface area contributed by atoms with E-state index in [1.165, 1.54) is 0 Å². The van der Waals surface area contributed by atoms with Gasteiger partial charge in [-0.2, -0.15) is 0 Å². The Morgan fingerprint density at radius 1 is 0.800 bits per heavy atom. The molecule has 10 heavy (non-hydrogen) atoms. The van der Waals surface area contributed by atoms with E-state index in [0.717, 1.165) is 0 Å². The summed E-state index contributed by atoms with van der Waals surface area (Å²) in [5.41, 5.74) is 0. The van der Waals surface area contributed by atoms with Crippen LogP contribution in [-0.4, -0.2) is 4.65 Å². The predicted molar refractivity (Wildman–Crippen MR) is 94.6 cm³/mol. The van der Waals surface area contributed by atoms with Crippen molar-refractivity contribution < 1.29 is 4.79 Å². The van der Waals surface area contributed by atoms with E-state index in [9.17, 15) is 4.79 Å². The maximum absolute atomic E-state index is 11.4. The van der Waals surface area contributed by atoms with Crippen molar-refractivity contribution in [1.29, 1.82) is 0 Å². The van der Waals surface area contributed by atoms with Crippen LogP contribution in [0.15, 0.2) is 0 Å². The van der Waals surface area contributed by atoms with Gasteiger partial charge in [-0.15, -0.1) is 0 Å². The molecular weight excluding hydrogens is 813 g/mol. The second-order valence-corrected chi connectivity index (χ2v) is 23.4. The fourth-order valence-electron chi connectivity index (χ4n) is 0.161. The van der Waals surface area contributed by atoms with E-state index in [1.54, 1.807) is 0 Å². The predicted octanol–water partition coefficient (Wildman–Crippen LogP) is 4.47. The number of hydrogen-bond donors (Lipinski definition) is 0. The van der Waals surface area contributed by atoms with E-state index in [1.807, 2.05) is 0 Å². The molecule has 0 rings (SSSR count). The molecule has 0 aliphatic carbocycles. The van der Waals surface area contributed by atoms with Gasteiger partial charge in [0.1, 0.15) is 0 Å². The van der Waals surface area contributed by atoms with Gasteiger partial charge in [-0.3, -0.25) is 4.79 Å². The summed E-state index contributed by atoms with van der Waals surface area (Å²) < 4.78 is -0.617. The minimum atomic E-state index is -0.309. The van der Waals surface area contributed by atoms with Crippen molar-refractivity contribution in [2.75, 3.05) is 0 Å². The summed E-state index contributed by atoms with van der Waals surface area (Å²) in [7, 11) is 0. The number of Topliss-reactive ketones (excluding diaryl/α,β-unsaturated/α-hetero) is 1. The Hall–Kier alpha value is 4.05. The number of rotatable bonds is 2. The lowest BCUT2D eigenvalue weighted by Crippen LogP contribution is -2.28.